The van der Waals surface area contributed by atoms with E-state index < -0.39 is 0 Å². The summed E-state index contributed by atoms with van der Waals surface area (Å²) in [5.41, 5.74) is 3.90. The standard InChI is InChI=1S/C10H12N2/c1-7-5-6-8-3-2-4-9(11)10(8)12-7/h5-6,11H,2-4H2,1H3. The molecule has 0 unspecified atom stereocenters. The van der Waals surface area contributed by atoms with Crippen molar-refractivity contribution in [1.82, 2.24) is 4.98 Å². The van der Waals surface area contributed by atoms with Gasteiger partial charge in [-0.05, 0) is 37.8 Å². The Morgan fingerprint density at radius 1 is 1.33 bits per heavy atom. The highest BCUT2D eigenvalue weighted by atomic mass is 14.7. The van der Waals surface area contributed by atoms with Crippen molar-refractivity contribution in [3.63, 3.8) is 0 Å². The summed E-state index contributed by atoms with van der Waals surface area (Å²) in [5, 5.41) is 7.70. The van der Waals surface area contributed by atoms with Crippen molar-refractivity contribution in [3.8, 4) is 0 Å². The van der Waals surface area contributed by atoms with E-state index in [1.54, 1.807) is 0 Å². The first-order chi connectivity index (χ1) is 5.77. The summed E-state index contributed by atoms with van der Waals surface area (Å²) in [6.45, 7) is 1.97. The Morgan fingerprint density at radius 2 is 2.17 bits per heavy atom. The fourth-order valence-corrected chi connectivity index (χ4v) is 1.62. The number of hydrogen-bond donors (Lipinski definition) is 1. The minimum Gasteiger partial charge on any atom is -0.303 e. The summed E-state index contributed by atoms with van der Waals surface area (Å²) in [6.07, 6.45) is 3.09. The van der Waals surface area contributed by atoms with Crippen LogP contribution in [-0.2, 0) is 6.42 Å². The average Bonchev–Trinajstić information content (AvgIpc) is 2.07. The molecule has 0 saturated carbocycles. The van der Waals surface area contributed by atoms with E-state index in [1.807, 2.05) is 13.0 Å². The van der Waals surface area contributed by atoms with E-state index in [4.69, 9.17) is 5.41 Å². The molecule has 2 nitrogen and oxygen atoms in total. The third-order valence-electron chi connectivity index (χ3n) is 2.28. The molecule has 1 aromatic heterocycles. The molecule has 0 aromatic carbocycles. The summed E-state index contributed by atoms with van der Waals surface area (Å²) < 4.78 is 0. The van der Waals surface area contributed by atoms with Crippen LogP contribution in [0.4, 0.5) is 0 Å². The first kappa shape index (κ1) is 7.47. The van der Waals surface area contributed by atoms with E-state index in [0.717, 1.165) is 30.7 Å². The zero-order valence-electron chi connectivity index (χ0n) is 7.22. The summed E-state index contributed by atoms with van der Waals surface area (Å²) >= 11 is 0. The van der Waals surface area contributed by atoms with Gasteiger partial charge >= 0.3 is 0 Å². The number of fused-ring (bicyclic) bond motifs is 1. The number of pyridine rings is 1. The maximum Gasteiger partial charge on any atom is 0.0872 e. The molecule has 1 N–H and O–H groups in total. The second-order valence-corrected chi connectivity index (χ2v) is 3.29. The molecule has 0 amide bonds. The summed E-state index contributed by atoms with van der Waals surface area (Å²) in [4.78, 5) is 4.37. The lowest BCUT2D eigenvalue weighted by Crippen LogP contribution is -2.13. The molecule has 0 spiro atoms. The van der Waals surface area contributed by atoms with Gasteiger partial charge in [-0.2, -0.15) is 0 Å². The van der Waals surface area contributed by atoms with Gasteiger partial charge in [0.15, 0.2) is 0 Å². The first-order valence-corrected chi connectivity index (χ1v) is 4.32. The second kappa shape index (κ2) is 2.70. The summed E-state index contributed by atoms with van der Waals surface area (Å²) in [5.74, 6) is 0. The van der Waals surface area contributed by atoms with Crippen LogP contribution in [0.2, 0.25) is 0 Å². The largest absolute Gasteiger partial charge is 0.303 e. The molecule has 62 valence electrons. The van der Waals surface area contributed by atoms with E-state index in [2.05, 4.69) is 11.1 Å². The Labute approximate surface area is 72.2 Å². The highest BCUT2D eigenvalue weighted by Crippen LogP contribution is 2.19. The van der Waals surface area contributed by atoms with Crippen molar-refractivity contribution >= 4 is 5.71 Å². The lowest BCUT2D eigenvalue weighted by molar-refractivity contribution is 0.820. The number of nitrogens with zero attached hydrogens (tertiary/aromatic N) is 1. The van der Waals surface area contributed by atoms with Crippen LogP contribution in [0.1, 0.15) is 29.8 Å². The predicted molar refractivity (Wildman–Crippen MR) is 48.7 cm³/mol. The molecule has 1 aliphatic rings. The van der Waals surface area contributed by atoms with Gasteiger partial charge in [0.1, 0.15) is 0 Å². The smallest absolute Gasteiger partial charge is 0.0872 e. The highest BCUT2D eigenvalue weighted by molar-refractivity contribution is 5.98. The van der Waals surface area contributed by atoms with E-state index in [0.29, 0.717) is 5.71 Å². The van der Waals surface area contributed by atoms with Gasteiger partial charge in [-0.15, -0.1) is 0 Å². The van der Waals surface area contributed by atoms with Crippen molar-refractivity contribution in [1.29, 1.82) is 5.41 Å². The van der Waals surface area contributed by atoms with E-state index in [-0.39, 0.29) is 0 Å². The second-order valence-electron chi connectivity index (χ2n) is 3.29. The minimum atomic E-state index is 0.708. The molecule has 0 aliphatic heterocycles. The molecule has 2 heteroatoms. The normalized spacial score (nSPS) is 15.9. The average molecular weight is 160 g/mol. The van der Waals surface area contributed by atoms with Crippen molar-refractivity contribution in [2.75, 3.05) is 0 Å². The van der Waals surface area contributed by atoms with Crippen molar-refractivity contribution in [3.05, 3.63) is 29.1 Å². The Kier molecular flexibility index (Phi) is 1.68. The summed E-state index contributed by atoms with van der Waals surface area (Å²) in [7, 11) is 0. The molecule has 12 heavy (non-hydrogen) atoms. The third-order valence-corrected chi connectivity index (χ3v) is 2.28. The Bertz CT molecular complexity index is 329. The maximum atomic E-state index is 7.70. The monoisotopic (exact) mass is 160 g/mol. The van der Waals surface area contributed by atoms with Gasteiger partial charge < -0.3 is 5.41 Å². The molecule has 0 radical (unpaired) electrons. The predicted octanol–water partition coefficient (Wildman–Crippen LogP) is 2.09. The van der Waals surface area contributed by atoms with E-state index in [9.17, 15) is 0 Å². The molecule has 1 aromatic rings. The van der Waals surface area contributed by atoms with Crippen LogP contribution in [0.3, 0.4) is 0 Å². The van der Waals surface area contributed by atoms with Crippen LogP contribution in [0.25, 0.3) is 0 Å². The molecule has 1 aliphatic carbocycles. The van der Waals surface area contributed by atoms with Gasteiger partial charge in [0.25, 0.3) is 0 Å². The molecule has 0 atom stereocenters. The molecule has 0 bridgehead atoms. The quantitative estimate of drug-likeness (QED) is 0.620. The van der Waals surface area contributed by atoms with Gasteiger partial charge in [-0.25, -0.2) is 0 Å². The fourth-order valence-electron chi connectivity index (χ4n) is 1.62. The van der Waals surface area contributed by atoms with Crippen molar-refractivity contribution in [2.45, 2.75) is 26.2 Å². The lowest BCUT2D eigenvalue weighted by Gasteiger charge is -2.15. The topological polar surface area (TPSA) is 36.7 Å². The van der Waals surface area contributed by atoms with Gasteiger partial charge in [-0.3, -0.25) is 4.98 Å². The first-order valence-electron chi connectivity index (χ1n) is 4.32. The maximum absolute atomic E-state index is 7.70. The number of nitrogens with one attached hydrogen (secondary N) is 1. The van der Waals surface area contributed by atoms with Gasteiger partial charge in [0.2, 0.25) is 0 Å². The van der Waals surface area contributed by atoms with Crippen LogP contribution in [0, 0.1) is 12.3 Å². The van der Waals surface area contributed by atoms with Crippen LogP contribution in [0.5, 0.6) is 0 Å². The minimum absolute atomic E-state index is 0.708. The van der Waals surface area contributed by atoms with Crippen LogP contribution >= 0.6 is 0 Å². The molecule has 0 saturated heterocycles. The Hall–Kier alpha value is -1.18. The molecular weight excluding hydrogens is 148 g/mol. The lowest BCUT2D eigenvalue weighted by atomic mass is 9.94. The summed E-state index contributed by atoms with van der Waals surface area (Å²) in [6, 6.07) is 4.13. The Balaban J connectivity index is 2.54. The van der Waals surface area contributed by atoms with Crippen LogP contribution in [0.15, 0.2) is 12.1 Å². The fraction of sp³-hybridized carbons (Fsp3) is 0.400. The third kappa shape index (κ3) is 1.13. The number of aromatic nitrogens is 1. The number of aryl methyl sites for hydroxylation is 2. The van der Waals surface area contributed by atoms with Crippen LogP contribution < -0.4 is 0 Å². The number of rotatable bonds is 0. The zero-order valence-corrected chi connectivity index (χ0v) is 7.22. The molecule has 1 heterocycles. The molecule has 2 rings (SSSR count). The molecular formula is C10H12N2. The van der Waals surface area contributed by atoms with Gasteiger partial charge in [-0.1, -0.05) is 6.07 Å². The van der Waals surface area contributed by atoms with E-state index >= 15 is 0 Å². The Morgan fingerprint density at radius 3 is 3.00 bits per heavy atom. The van der Waals surface area contributed by atoms with E-state index in [1.165, 1.54) is 5.56 Å². The van der Waals surface area contributed by atoms with Gasteiger partial charge in [0, 0.05) is 5.69 Å². The van der Waals surface area contributed by atoms with Crippen molar-refractivity contribution < 1.29 is 0 Å². The van der Waals surface area contributed by atoms with Crippen molar-refractivity contribution in [2.24, 2.45) is 0 Å². The molecule has 0 fully saturated rings. The SMILES string of the molecule is Cc1ccc2c(n1)C(=N)CCC2. The van der Waals surface area contributed by atoms with Gasteiger partial charge in [0.05, 0.1) is 11.4 Å². The number of hydrogen-bond acceptors (Lipinski definition) is 2. The van der Waals surface area contributed by atoms with Crippen LogP contribution in [-0.4, -0.2) is 10.7 Å². The zero-order chi connectivity index (χ0) is 8.55. The highest BCUT2D eigenvalue weighted by Gasteiger charge is 2.14.